The molecule has 2 N–H and O–H groups in total. The van der Waals surface area contributed by atoms with Crippen molar-refractivity contribution in [3.05, 3.63) is 0 Å². The van der Waals surface area contributed by atoms with E-state index in [1.54, 1.807) is 0 Å². The molecule has 0 heterocycles. The molecule has 0 aromatic heterocycles. The van der Waals surface area contributed by atoms with E-state index in [1.165, 1.54) is 0 Å². The zero-order valence-electron chi connectivity index (χ0n) is 6.50. The van der Waals surface area contributed by atoms with Gasteiger partial charge in [-0.15, -0.1) is 0 Å². The van der Waals surface area contributed by atoms with E-state index in [9.17, 15) is 18.4 Å². The maximum absolute atomic E-state index is 10.1. The normalized spacial score (nSPS) is 12.8. The van der Waals surface area contributed by atoms with Gasteiger partial charge in [-0.1, -0.05) is 0 Å². The summed E-state index contributed by atoms with van der Waals surface area (Å²) in [5.41, 5.74) is 0. The summed E-state index contributed by atoms with van der Waals surface area (Å²) in [4.78, 5) is 21.1. The van der Waals surface area contributed by atoms with Gasteiger partial charge in [0.25, 0.3) is 0 Å². The fourth-order valence-electron chi connectivity index (χ4n) is 0.679. The Labute approximate surface area is 76.2 Å². The van der Waals surface area contributed by atoms with E-state index in [4.69, 9.17) is 10.2 Å². The number of hydrogen-bond donors (Lipinski definition) is 2. The average molecular weight is 210 g/mol. The van der Waals surface area contributed by atoms with Crippen LogP contribution < -0.4 is 0 Å². The van der Waals surface area contributed by atoms with Crippen LogP contribution in [0.25, 0.3) is 0 Å². The summed E-state index contributed by atoms with van der Waals surface area (Å²) in [6.45, 7) is -1.22. The molecule has 8 heteroatoms. The van der Waals surface area contributed by atoms with Crippen molar-refractivity contribution >= 4 is 23.0 Å². The lowest BCUT2D eigenvalue weighted by Gasteiger charge is -2.18. The van der Waals surface area contributed by atoms with Gasteiger partial charge in [-0.3, -0.25) is 18.7 Å². The molecule has 0 radical (unpaired) electrons. The topological polar surface area (TPSA) is 118 Å². The van der Waals surface area contributed by atoms with Gasteiger partial charge in [-0.2, -0.15) is 0 Å². The van der Waals surface area contributed by atoms with Crippen molar-refractivity contribution < 1.29 is 28.6 Å². The largest absolute Gasteiger partial charge is 0.771 e. The van der Waals surface area contributed by atoms with E-state index in [0.29, 0.717) is 0 Å². The Balaban J connectivity index is 4.10. The third kappa shape index (κ3) is 7.37. The third-order valence-corrected chi connectivity index (χ3v) is 1.58. The molecule has 0 saturated heterocycles. The third-order valence-electron chi connectivity index (χ3n) is 1.01. The highest BCUT2D eigenvalue weighted by atomic mass is 32.2. The lowest BCUT2D eigenvalue weighted by atomic mass is 10.5. The van der Waals surface area contributed by atoms with E-state index in [-0.39, 0.29) is 0 Å². The minimum atomic E-state index is -2.48. The Morgan fingerprint density at radius 1 is 1.23 bits per heavy atom. The van der Waals surface area contributed by atoms with Crippen molar-refractivity contribution in [2.45, 2.75) is 0 Å². The van der Waals surface area contributed by atoms with Crippen LogP contribution in [0.1, 0.15) is 0 Å². The quantitative estimate of drug-likeness (QED) is 0.501. The number of nitrogens with zero attached hydrogens (tertiary/aromatic N) is 1. The van der Waals surface area contributed by atoms with Gasteiger partial charge in [0, 0.05) is 0 Å². The van der Waals surface area contributed by atoms with E-state index in [2.05, 4.69) is 0 Å². The Morgan fingerprint density at radius 3 is 1.85 bits per heavy atom. The van der Waals surface area contributed by atoms with Gasteiger partial charge in [0.1, 0.15) is 0 Å². The van der Waals surface area contributed by atoms with E-state index >= 15 is 0 Å². The van der Waals surface area contributed by atoms with Crippen LogP contribution in [0, 0.1) is 0 Å². The fourth-order valence-corrected chi connectivity index (χ4v) is 1.16. The van der Waals surface area contributed by atoms with E-state index < -0.39 is 42.0 Å². The van der Waals surface area contributed by atoms with Crippen LogP contribution in [-0.4, -0.2) is 54.8 Å². The van der Waals surface area contributed by atoms with Crippen LogP contribution in [0.4, 0.5) is 0 Å². The van der Waals surface area contributed by atoms with Crippen LogP contribution in [0.5, 0.6) is 0 Å². The summed E-state index contributed by atoms with van der Waals surface area (Å²) in [6.07, 6.45) is 0. The standard InChI is InChI=1S/C5H9NO6S/c7-4(8)1-6(2-5(9)10)3-13(11)12/h1-3H2,(H,7,8)(H,9,10)(H,11,12)/p-1. The molecule has 0 amide bonds. The van der Waals surface area contributed by atoms with Crippen molar-refractivity contribution in [3.8, 4) is 0 Å². The lowest BCUT2D eigenvalue weighted by Crippen LogP contribution is -2.36. The van der Waals surface area contributed by atoms with Crippen LogP contribution in [0.2, 0.25) is 0 Å². The van der Waals surface area contributed by atoms with Crippen LogP contribution >= 0.6 is 0 Å². The lowest BCUT2D eigenvalue weighted by molar-refractivity contribution is -0.141. The number of hydrogen-bond acceptors (Lipinski definition) is 5. The van der Waals surface area contributed by atoms with Gasteiger partial charge in [0.2, 0.25) is 0 Å². The Morgan fingerprint density at radius 2 is 1.62 bits per heavy atom. The number of rotatable bonds is 6. The maximum Gasteiger partial charge on any atom is 0.317 e. The Hall–Kier alpha value is -0.990. The minimum absolute atomic E-state index is 0.599. The Bertz CT molecular complexity index is 191. The first-order valence-corrected chi connectivity index (χ1v) is 4.38. The predicted octanol–water partition coefficient (Wildman–Crippen LogP) is -1.71. The van der Waals surface area contributed by atoms with Gasteiger partial charge < -0.3 is 14.8 Å². The van der Waals surface area contributed by atoms with Crippen LogP contribution in [0.3, 0.4) is 0 Å². The molecule has 13 heavy (non-hydrogen) atoms. The molecule has 0 saturated carbocycles. The van der Waals surface area contributed by atoms with Crippen LogP contribution in [-0.2, 0) is 20.7 Å². The molecule has 0 spiro atoms. The molecular weight excluding hydrogens is 202 g/mol. The summed E-state index contributed by atoms with van der Waals surface area (Å²) in [6, 6.07) is 0. The van der Waals surface area contributed by atoms with Crippen molar-refractivity contribution in [2.75, 3.05) is 19.0 Å². The molecule has 0 aromatic carbocycles. The number of aliphatic carboxylic acids is 2. The molecule has 76 valence electrons. The van der Waals surface area contributed by atoms with E-state index in [1.807, 2.05) is 0 Å². The number of carboxylic acid groups (broad SMARTS) is 2. The van der Waals surface area contributed by atoms with E-state index in [0.717, 1.165) is 4.90 Å². The highest BCUT2D eigenvalue weighted by molar-refractivity contribution is 7.79. The monoisotopic (exact) mass is 210 g/mol. The van der Waals surface area contributed by atoms with Crippen molar-refractivity contribution in [3.63, 3.8) is 0 Å². The molecule has 0 fully saturated rings. The molecule has 0 aromatic rings. The zero-order chi connectivity index (χ0) is 10.4. The molecule has 0 aliphatic carbocycles. The fraction of sp³-hybridized carbons (Fsp3) is 0.600. The maximum atomic E-state index is 10.1. The second-order valence-electron chi connectivity index (χ2n) is 2.21. The van der Waals surface area contributed by atoms with Crippen molar-refractivity contribution in [2.24, 2.45) is 0 Å². The Kier molecular flexibility index (Phi) is 5.19. The molecule has 0 bridgehead atoms. The highest BCUT2D eigenvalue weighted by Gasteiger charge is 2.12. The first-order chi connectivity index (χ1) is 5.91. The van der Waals surface area contributed by atoms with Gasteiger partial charge in [0.05, 0.1) is 19.0 Å². The summed E-state index contributed by atoms with van der Waals surface area (Å²) < 4.78 is 20.3. The summed E-state index contributed by atoms with van der Waals surface area (Å²) in [7, 11) is 0. The molecule has 0 aliphatic rings. The van der Waals surface area contributed by atoms with Gasteiger partial charge in [-0.05, 0) is 11.1 Å². The number of carbonyl (C=O) groups is 2. The second kappa shape index (κ2) is 5.62. The summed E-state index contributed by atoms with van der Waals surface area (Å²) in [5.74, 6) is -3.14. The molecule has 1 unspecified atom stereocenters. The first kappa shape index (κ1) is 12.0. The molecule has 1 atom stereocenters. The first-order valence-electron chi connectivity index (χ1n) is 3.13. The van der Waals surface area contributed by atoms with Crippen molar-refractivity contribution in [1.29, 1.82) is 0 Å². The smallest absolute Gasteiger partial charge is 0.317 e. The van der Waals surface area contributed by atoms with Gasteiger partial charge in [-0.25, -0.2) is 0 Å². The molecule has 7 nitrogen and oxygen atoms in total. The van der Waals surface area contributed by atoms with Crippen molar-refractivity contribution in [1.82, 2.24) is 4.90 Å². The SMILES string of the molecule is O=C(O)CN(CC(=O)O)CS(=O)[O-]. The summed E-state index contributed by atoms with van der Waals surface area (Å²) in [5, 5.41) is 16.5. The van der Waals surface area contributed by atoms with Crippen LogP contribution in [0.15, 0.2) is 0 Å². The minimum Gasteiger partial charge on any atom is -0.771 e. The average Bonchev–Trinajstić information content (AvgIpc) is 1.80. The van der Waals surface area contributed by atoms with Gasteiger partial charge in [0.15, 0.2) is 0 Å². The second-order valence-corrected chi connectivity index (χ2v) is 3.07. The molecule has 0 aliphatic heterocycles. The number of carboxylic acids is 2. The zero-order valence-corrected chi connectivity index (χ0v) is 7.32. The van der Waals surface area contributed by atoms with Gasteiger partial charge >= 0.3 is 11.9 Å². The highest BCUT2D eigenvalue weighted by Crippen LogP contribution is 1.90. The molecular formula is C5H8NO6S-. The predicted molar refractivity (Wildman–Crippen MR) is 40.6 cm³/mol. The summed E-state index contributed by atoms with van der Waals surface area (Å²) >= 11 is -2.48. The molecule has 0 rings (SSSR count).